The molecule has 1 unspecified atom stereocenters. The van der Waals surface area contributed by atoms with E-state index in [2.05, 4.69) is 40.1 Å². The fourth-order valence-corrected chi connectivity index (χ4v) is 3.21. The lowest BCUT2D eigenvalue weighted by atomic mass is 10.2. The van der Waals surface area contributed by atoms with Crippen molar-refractivity contribution < 1.29 is 0 Å². The maximum absolute atomic E-state index is 4.66. The van der Waals surface area contributed by atoms with E-state index in [1.807, 2.05) is 7.05 Å². The van der Waals surface area contributed by atoms with E-state index in [-0.39, 0.29) is 0 Å². The van der Waals surface area contributed by atoms with Crippen molar-refractivity contribution in [3.63, 3.8) is 0 Å². The smallest absolute Gasteiger partial charge is 0.133 e. The van der Waals surface area contributed by atoms with Gasteiger partial charge >= 0.3 is 0 Å². The van der Waals surface area contributed by atoms with E-state index in [0.717, 1.165) is 17.1 Å². The predicted octanol–water partition coefficient (Wildman–Crippen LogP) is 3.54. The van der Waals surface area contributed by atoms with Crippen LogP contribution in [0.15, 0.2) is 22.9 Å². The van der Waals surface area contributed by atoms with Crippen LogP contribution in [0.25, 0.3) is 9.88 Å². The highest BCUT2D eigenvalue weighted by atomic mass is 32.1. The Hall–Kier alpha value is -0.710. The Morgan fingerprint density at radius 3 is 2.93 bits per heavy atom. The highest BCUT2D eigenvalue weighted by Gasteiger charge is 2.12. The van der Waals surface area contributed by atoms with Crippen molar-refractivity contribution >= 4 is 22.7 Å². The molecule has 0 aliphatic heterocycles. The first-order chi connectivity index (χ1) is 7.35. The zero-order chi connectivity index (χ0) is 10.7. The highest BCUT2D eigenvalue weighted by Crippen LogP contribution is 2.30. The van der Waals surface area contributed by atoms with Crippen LogP contribution in [-0.2, 0) is 0 Å². The monoisotopic (exact) mass is 238 g/mol. The Morgan fingerprint density at radius 1 is 1.47 bits per heavy atom. The van der Waals surface area contributed by atoms with Gasteiger partial charge in [-0.05, 0) is 24.9 Å². The van der Waals surface area contributed by atoms with E-state index >= 15 is 0 Å². The Bertz CT molecular complexity index is 402. The van der Waals surface area contributed by atoms with E-state index in [1.54, 1.807) is 22.7 Å². The summed E-state index contributed by atoms with van der Waals surface area (Å²) in [6.07, 6.45) is 1.07. The summed E-state index contributed by atoms with van der Waals surface area (Å²) in [6, 6.07) is 4.57. The van der Waals surface area contributed by atoms with Crippen molar-refractivity contribution in [2.75, 3.05) is 7.05 Å². The van der Waals surface area contributed by atoms with E-state index in [4.69, 9.17) is 0 Å². The molecule has 4 heteroatoms. The topological polar surface area (TPSA) is 24.9 Å². The molecule has 0 aliphatic rings. The normalized spacial score (nSPS) is 12.9. The Balaban J connectivity index is 2.24. The molecule has 15 heavy (non-hydrogen) atoms. The Labute approximate surface area is 98.0 Å². The zero-order valence-corrected chi connectivity index (χ0v) is 10.5. The van der Waals surface area contributed by atoms with Crippen LogP contribution >= 0.6 is 22.7 Å². The van der Waals surface area contributed by atoms with Crippen LogP contribution in [0.5, 0.6) is 0 Å². The molecule has 0 fully saturated rings. The Kier molecular flexibility index (Phi) is 3.51. The number of thiazole rings is 1. The molecule has 2 aromatic heterocycles. The van der Waals surface area contributed by atoms with E-state index in [9.17, 15) is 0 Å². The predicted molar refractivity (Wildman–Crippen MR) is 67.5 cm³/mol. The van der Waals surface area contributed by atoms with Gasteiger partial charge in [0.05, 0.1) is 10.6 Å². The minimum absolute atomic E-state index is 0.384. The molecule has 0 spiro atoms. The highest BCUT2D eigenvalue weighted by molar-refractivity contribution is 7.20. The van der Waals surface area contributed by atoms with Gasteiger partial charge in [-0.2, -0.15) is 0 Å². The fourth-order valence-electron chi connectivity index (χ4n) is 1.52. The van der Waals surface area contributed by atoms with Gasteiger partial charge < -0.3 is 5.32 Å². The average Bonchev–Trinajstić information content (AvgIpc) is 2.89. The number of nitrogens with one attached hydrogen (secondary N) is 1. The lowest BCUT2D eigenvalue weighted by molar-refractivity contribution is 0.565. The second-order valence-electron chi connectivity index (χ2n) is 3.30. The largest absolute Gasteiger partial charge is 0.312 e. The molecule has 2 aromatic rings. The second-order valence-corrected chi connectivity index (χ2v) is 5.11. The van der Waals surface area contributed by atoms with Crippen molar-refractivity contribution in [2.45, 2.75) is 19.4 Å². The van der Waals surface area contributed by atoms with Crippen molar-refractivity contribution in [3.8, 4) is 9.88 Å². The van der Waals surface area contributed by atoms with Gasteiger partial charge in [-0.3, -0.25) is 0 Å². The van der Waals surface area contributed by atoms with Crippen molar-refractivity contribution in [1.82, 2.24) is 10.3 Å². The first kappa shape index (κ1) is 10.8. The van der Waals surface area contributed by atoms with Gasteiger partial charge in [0.25, 0.3) is 0 Å². The molecule has 0 aliphatic carbocycles. The summed E-state index contributed by atoms with van der Waals surface area (Å²) in [4.78, 5) is 5.92. The van der Waals surface area contributed by atoms with Crippen LogP contribution < -0.4 is 5.32 Å². The molecule has 0 saturated heterocycles. The van der Waals surface area contributed by atoms with E-state index in [0.29, 0.717) is 6.04 Å². The summed E-state index contributed by atoms with van der Waals surface area (Å²) in [7, 11) is 1.98. The van der Waals surface area contributed by atoms with E-state index < -0.39 is 0 Å². The van der Waals surface area contributed by atoms with Gasteiger partial charge in [0, 0.05) is 11.4 Å². The fraction of sp³-hybridized carbons (Fsp3) is 0.364. The van der Waals surface area contributed by atoms with Crippen LogP contribution in [0.1, 0.15) is 25.1 Å². The molecule has 1 atom stereocenters. The molecule has 2 nitrogen and oxygen atoms in total. The molecular formula is C11H14N2S2. The number of thiophene rings is 1. The van der Waals surface area contributed by atoms with Crippen LogP contribution in [0.2, 0.25) is 0 Å². The van der Waals surface area contributed by atoms with Crippen molar-refractivity contribution in [3.05, 3.63) is 28.6 Å². The molecule has 0 aromatic carbocycles. The quantitative estimate of drug-likeness (QED) is 0.881. The van der Waals surface area contributed by atoms with Crippen LogP contribution in [-0.4, -0.2) is 12.0 Å². The average molecular weight is 238 g/mol. The standard InChI is InChI=1S/C11H14N2S2/c1-3-8(12-2)9-7-15-11(13-9)10-5-4-6-14-10/h4-8,12H,3H2,1-2H3. The lowest BCUT2D eigenvalue weighted by Crippen LogP contribution is -2.15. The van der Waals surface area contributed by atoms with Crippen LogP contribution in [0, 0.1) is 0 Å². The second kappa shape index (κ2) is 4.88. The summed E-state index contributed by atoms with van der Waals surface area (Å²) in [5.74, 6) is 0. The number of rotatable bonds is 4. The summed E-state index contributed by atoms with van der Waals surface area (Å²) < 4.78 is 0. The molecule has 0 amide bonds. The van der Waals surface area contributed by atoms with Gasteiger partial charge in [0.15, 0.2) is 0 Å². The molecule has 0 saturated carbocycles. The van der Waals surface area contributed by atoms with Crippen LogP contribution in [0.3, 0.4) is 0 Å². The van der Waals surface area contributed by atoms with Gasteiger partial charge in [0.2, 0.25) is 0 Å². The first-order valence-electron chi connectivity index (χ1n) is 5.01. The number of hydrogen-bond acceptors (Lipinski definition) is 4. The molecule has 1 N–H and O–H groups in total. The van der Waals surface area contributed by atoms with Gasteiger partial charge in [-0.15, -0.1) is 22.7 Å². The minimum atomic E-state index is 0.384. The molecular weight excluding hydrogens is 224 g/mol. The Morgan fingerprint density at radius 2 is 2.33 bits per heavy atom. The maximum atomic E-state index is 4.66. The molecule has 0 bridgehead atoms. The maximum Gasteiger partial charge on any atom is 0.133 e. The number of aromatic nitrogens is 1. The number of hydrogen-bond donors (Lipinski definition) is 1. The lowest BCUT2D eigenvalue weighted by Gasteiger charge is -2.09. The van der Waals surface area contributed by atoms with Gasteiger partial charge in [-0.25, -0.2) is 4.98 Å². The molecule has 0 radical (unpaired) electrons. The number of nitrogens with zero attached hydrogens (tertiary/aromatic N) is 1. The third-order valence-corrected chi connectivity index (χ3v) is 4.27. The SMILES string of the molecule is CCC(NC)c1csc(-c2cccs2)n1. The molecule has 2 heterocycles. The van der Waals surface area contributed by atoms with Crippen molar-refractivity contribution in [2.24, 2.45) is 0 Å². The summed E-state index contributed by atoms with van der Waals surface area (Å²) in [5, 5.41) is 8.65. The first-order valence-corrected chi connectivity index (χ1v) is 6.77. The third kappa shape index (κ3) is 2.27. The molecule has 80 valence electrons. The summed E-state index contributed by atoms with van der Waals surface area (Å²) >= 11 is 3.47. The van der Waals surface area contributed by atoms with Crippen molar-refractivity contribution in [1.29, 1.82) is 0 Å². The zero-order valence-electron chi connectivity index (χ0n) is 8.86. The van der Waals surface area contributed by atoms with Gasteiger partial charge in [-0.1, -0.05) is 13.0 Å². The minimum Gasteiger partial charge on any atom is -0.312 e. The van der Waals surface area contributed by atoms with E-state index in [1.165, 1.54) is 4.88 Å². The van der Waals surface area contributed by atoms with Gasteiger partial charge in [0.1, 0.15) is 5.01 Å². The summed E-state index contributed by atoms with van der Waals surface area (Å²) in [5.41, 5.74) is 1.16. The van der Waals surface area contributed by atoms with Crippen LogP contribution in [0.4, 0.5) is 0 Å². The summed E-state index contributed by atoms with van der Waals surface area (Å²) in [6.45, 7) is 2.17. The third-order valence-electron chi connectivity index (χ3n) is 2.37. The molecule has 2 rings (SSSR count).